The van der Waals surface area contributed by atoms with Crippen molar-refractivity contribution in [2.45, 2.75) is 32.2 Å². The van der Waals surface area contributed by atoms with Crippen LogP contribution in [-0.4, -0.2) is 5.91 Å². The average molecular weight is 273 g/mol. The maximum absolute atomic E-state index is 12.0. The number of nitrogens with one attached hydrogen (secondary N) is 1. The van der Waals surface area contributed by atoms with E-state index in [0.717, 1.165) is 0 Å². The van der Waals surface area contributed by atoms with E-state index in [2.05, 4.69) is 30.4 Å². The summed E-state index contributed by atoms with van der Waals surface area (Å²) in [6.45, 7) is 4.11. The molecule has 1 N–H and O–H groups in total. The first-order valence-electron chi connectivity index (χ1n) is 6.54. The average Bonchev–Trinajstić information content (AvgIpc) is 2.93. The summed E-state index contributed by atoms with van der Waals surface area (Å²) >= 11 is 1.67. The number of thiophene rings is 1. The van der Waals surface area contributed by atoms with E-state index in [9.17, 15) is 4.79 Å². The molecular formula is C16H19NOS. The zero-order chi connectivity index (χ0) is 13.7. The van der Waals surface area contributed by atoms with Crippen molar-refractivity contribution in [3.8, 4) is 0 Å². The van der Waals surface area contributed by atoms with Crippen LogP contribution in [0.15, 0.2) is 47.8 Å². The zero-order valence-electron chi connectivity index (χ0n) is 11.3. The second kappa shape index (κ2) is 6.53. The van der Waals surface area contributed by atoms with E-state index in [1.165, 1.54) is 10.4 Å². The maximum Gasteiger partial charge on any atom is 0.221 e. The predicted molar refractivity (Wildman–Crippen MR) is 80.4 cm³/mol. The molecule has 100 valence electrons. The highest BCUT2D eigenvalue weighted by Crippen LogP contribution is 2.21. The molecule has 1 aromatic heterocycles. The molecule has 2 rings (SSSR count). The van der Waals surface area contributed by atoms with E-state index in [-0.39, 0.29) is 17.9 Å². The van der Waals surface area contributed by atoms with Crippen molar-refractivity contribution in [3.05, 3.63) is 58.3 Å². The molecule has 0 aliphatic carbocycles. The Morgan fingerprint density at radius 3 is 2.53 bits per heavy atom. The summed E-state index contributed by atoms with van der Waals surface area (Å²) in [4.78, 5) is 13.2. The summed E-state index contributed by atoms with van der Waals surface area (Å²) in [7, 11) is 0. The second-order valence-electron chi connectivity index (χ2n) is 4.82. The fraction of sp³-hybridized carbons (Fsp3) is 0.312. The van der Waals surface area contributed by atoms with Gasteiger partial charge < -0.3 is 5.32 Å². The van der Waals surface area contributed by atoms with Gasteiger partial charge in [-0.05, 0) is 29.9 Å². The van der Waals surface area contributed by atoms with E-state index in [4.69, 9.17) is 0 Å². The lowest BCUT2D eigenvalue weighted by atomic mass is 9.97. The van der Waals surface area contributed by atoms with Crippen molar-refractivity contribution in [1.82, 2.24) is 5.32 Å². The van der Waals surface area contributed by atoms with Gasteiger partial charge in [0.05, 0.1) is 6.04 Å². The molecule has 0 radical (unpaired) electrons. The number of carbonyl (C=O) groups excluding carboxylic acids is 1. The minimum Gasteiger partial charge on any atom is -0.349 e. The van der Waals surface area contributed by atoms with E-state index >= 15 is 0 Å². The van der Waals surface area contributed by atoms with Gasteiger partial charge in [0, 0.05) is 11.3 Å². The molecule has 0 saturated carbocycles. The summed E-state index contributed by atoms with van der Waals surface area (Å²) < 4.78 is 0. The highest BCUT2D eigenvalue weighted by Gasteiger charge is 2.14. The molecule has 19 heavy (non-hydrogen) atoms. The summed E-state index contributed by atoms with van der Waals surface area (Å²) in [5.74, 6) is 0.356. The predicted octanol–water partition coefficient (Wildman–Crippen LogP) is 4.12. The van der Waals surface area contributed by atoms with Gasteiger partial charge in [0.25, 0.3) is 0 Å². The van der Waals surface area contributed by atoms with Crippen molar-refractivity contribution in [3.63, 3.8) is 0 Å². The minimum absolute atomic E-state index is 0.0930. The van der Waals surface area contributed by atoms with Gasteiger partial charge in [0.15, 0.2) is 0 Å². The number of benzene rings is 1. The molecule has 1 aromatic carbocycles. The minimum atomic E-state index is 0.0930. The Labute approximate surface area is 118 Å². The second-order valence-corrected chi connectivity index (χ2v) is 5.80. The molecule has 2 nitrogen and oxygen atoms in total. The van der Waals surface area contributed by atoms with Crippen LogP contribution in [-0.2, 0) is 4.79 Å². The van der Waals surface area contributed by atoms with Crippen LogP contribution in [0.1, 0.15) is 42.7 Å². The van der Waals surface area contributed by atoms with Crippen LogP contribution < -0.4 is 5.32 Å². The Hall–Kier alpha value is -1.61. The Kier molecular flexibility index (Phi) is 4.74. The molecule has 0 bridgehead atoms. The van der Waals surface area contributed by atoms with Gasteiger partial charge in [-0.2, -0.15) is 0 Å². The molecule has 0 saturated heterocycles. The number of carbonyl (C=O) groups is 1. The number of amides is 1. The Balaban J connectivity index is 1.88. The summed E-state index contributed by atoms with van der Waals surface area (Å²) in [6, 6.07) is 14.3. The molecular weight excluding hydrogens is 254 g/mol. The van der Waals surface area contributed by atoms with E-state index in [1.807, 2.05) is 36.6 Å². The quantitative estimate of drug-likeness (QED) is 0.872. The summed E-state index contributed by atoms with van der Waals surface area (Å²) in [5, 5.41) is 5.09. The lowest BCUT2D eigenvalue weighted by Crippen LogP contribution is -2.27. The molecule has 2 aromatic rings. The Morgan fingerprint density at radius 1 is 1.16 bits per heavy atom. The van der Waals surface area contributed by atoms with Gasteiger partial charge in [-0.3, -0.25) is 4.79 Å². The van der Waals surface area contributed by atoms with Gasteiger partial charge in [-0.25, -0.2) is 0 Å². The molecule has 0 aliphatic rings. The molecule has 0 aliphatic heterocycles. The van der Waals surface area contributed by atoms with Crippen LogP contribution in [0.25, 0.3) is 0 Å². The fourth-order valence-corrected chi connectivity index (χ4v) is 2.82. The smallest absolute Gasteiger partial charge is 0.221 e. The monoisotopic (exact) mass is 273 g/mol. The molecule has 2 unspecified atom stereocenters. The molecule has 0 spiro atoms. The van der Waals surface area contributed by atoms with Gasteiger partial charge in [0.2, 0.25) is 5.91 Å². The highest BCUT2D eigenvalue weighted by atomic mass is 32.1. The fourth-order valence-electron chi connectivity index (χ4n) is 2.09. The van der Waals surface area contributed by atoms with Crippen molar-refractivity contribution in [2.75, 3.05) is 0 Å². The van der Waals surface area contributed by atoms with Gasteiger partial charge in [-0.1, -0.05) is 43.3 Å². The first-order valence-corrected chi connectivity index (χ1v) is 7.42. The first kappa shape index (κ1) is 13.8. The van der Waals surface area contributed by atoms with Crippen LogP contribution in [0.5, 0.6) is 0 Å². The normalized spacial score (nSPS) is 13.8. The standard InChI is InChI=1S/C16H19NOS/c1-12(14-7-4-3-5-8-14)11-16(18)17-13(2)15-9-6-10-19-15/h3-10,12-13H,11H2,1-2H3,(H,17,18). The number of hydrogen-bond donors (Lipinski definition) is 1. The van der Waals surface area contributed by atoms with Crippen LogP contribution in [0.4, 0.5) is 0 Å². The van der Waals surface area contributed by atoms with Gasteiger partial charge >= 0.3 is 0 Å². The van der Waals surface area contributed by atoms with Crippen LogP contribution >= 0.6 is 11.3 Å². The molecule has 3 heteroatoms. The van der Waals surface area contributed by atoms with Crippen molar-refractivity contribution < 1.29 is 4.79 Å². The molecule has 1 amide bonds. The van der Waals surface area contributed by atoms with Gasteiger partial charge in [-0.15, -0.1) is 11.3 Å². The summed E-state index contributed by atoms with van der Waals surface area (Å²) in [6.07, 6.45) is 0.528. The lowest BCUT2D eigenvalue weighted by molar-refractivity contribution is -0.122. The van der Waals surface area contributed by atoms with E-state index in [1.54, 1.807) is 11.3 Å². The van der Waals surface area contributed by atoms with E-state index in [0.29, 0.717) is 6.42 Å². The van der Waals surface area contributed by atoms with Crippen LogP contribution in [0, 0.1) is 0 Å². The van der Waals surface area contributed by atoms with Crippen LogP contribution in [0.2, 0.25) is 0 Å². The number of rotatable bonds is 5. The van der Waals surface area contributed by atoms with E-state index < -0.39 is 0 Å². The molecule has 2 atom stereocenters. The molecule has 0 fully saturated rings. The molecule has 1 heterocycles. The van der Waals surface area contributed by atoms with Crippen molar-refractivity contribution >= 4 is 17.2 Å². The Morgan fingerprint density at radius 2 is 1.89 bits per heavy atom. The lowest BCUT2D eigenvalue weighted by Gasteiger charge is -2.15. The number of hydrogen-bond acceptors (Lipinski definition) is 2. The van der Waals surface area contributed by atoms with Crippen LogP contribution in [0.3, 0.4) is 0 Å². The van der Waals surface area contributed by atoms with Crippen molar-refractivity contribution in [2.24, 2.45) is 0 Å². The maximum atomic E-state index is 12.0. The topological polar surface area (TPSA) is 29.1 Å². The third-order valence-electron chi connectivity index (χ3n) is 3.21. The van der Waals surface area contributed by atoms with Crippen molar-refractivity contribution in [1.29, 1.82) is 0 Å². The Bertz CT molecular complexity index is 507. The summed E-state index contributed by atoms with van der Waals surface area (Å²) in [5.41, 5.74) is 1.21. The highest BCUT2D eigenvalue weighted by molar-refractivity contribution is 7.10. The largest absolute Gasteiger partial charge is 0.349 e. The third-order valence-corrected chi connectivity index (χ3v) is 4.26. The third kappa shape index (κ3) is 3.93. The SMILES string of the molecule is CC(CC(=O)NC(C)c1cccs1)c1ccccc1. The first-order chi connectivity index (χ1) is 9.16. The zero-order valence-corrected chi connectivity index (χ0v) is 12.1. The van der Waals surface area contributed by atoms with Gasteiger partial charge in [0.1, 0.15) is 0 Å².